The second-order valence-electron chi connectivity index (χ2n) is 2.99. The summed E-state index contributed by atoms with van der Waals surface area (Å²) in [6.07, 6.45) is 0. The summed E-state index contributed by atoms with van der Waals surface area (Å²) in [5.41, 5.74) is 6.74. The van der Waals surface area contributed by atoms with Crippen molar-refractivity contribution in [1.29, 1.82) is 0 Å². The van der Waals surface area contributed by atoms with Gasteiger partial charge in [0.1, 0.15) is 0 Å². The van der Waals surface area contributed by atoms with E-state index in [1.807, 2.05) is 0 Å². The monoisotopic (exact) mass is 414 g/mol. The van der Waals surface area contributed by atoms with Gasteiger partial charge in [0.25, 0.3) is 0 Å². The van der Waals surface area contributed by atoms with Crippen molar-refractivity contribution < 1.29 is 35.9 Å². The Morgan fingerprint density at radius 3 is 2.57 bits per heavy atom. The van der Waals surface area contributed by atoms with Gasteiger partial charge in [-0.2, -0.15) is 26.0 Å². The molecule has 0 saturated carbocycles. The zero-order valence-corrected chi connectivity index (χ0v) is 12.4. The third-order valence-electron chi connectivity index (χ3n) is 1.54. The van der Waals surface area contributed by atoms with Gasteiger partial charge in [-0.05, 0) is 0 Å². The summed E-state index contributed by atoms with van der Waals surface area (Å²) < 4.78 is 0. The summed E-state index contributed by atoms with van der Waals surface area (Å²) in [4.78, 5) is 11.2. The number of carbonyl (C=O) groups is 1. The molecule has 0 atom stereocenters. The molecule has 0 aliphatic carbocycles. The van der Waals surface area contributed by atoms with Crippen molar-refractivity contribution in [3.8, 4) is 0 Å². The number of hydrogen-bond donors (Lipinski definition) is 2. The molecule has 3 N–H and O–H groups in total. The van der Waals surface area contributed by atoms with E-state index in [4.69, 9.17) is 5.73 Å². The number of anilines is 2. The molecular weight excluding hydrogens is 402 g/mol. The quantitative estimate of drug-likeness (QED) is 0.571. The molecule has 0 aliphatic heterocycles. The van der Waals surface area contributed by atoms with E-state index < -0.39 is 0 Å². The van der Waals surface area contributed by atoms with E-state index in [0.717, 1.165) is 0 Å². The number of amides is 1. The molecule has 1 rings (SSSR count). The molecule has 4 heteroatoms. The van der Waals surface area contributed by atoms with Gasteiger partial charge in [-0.1, -0.05) is 11.4 Å². The van der Waals surface area contributed by atoms with E-state index in [1.165, 1.54) is 0 Å². The van der Waals surface area contributed by atoms with Crippen LogP contribution in [0.5, 0.6) is 0 Å². The summed E-state index contributed by atoms with van der Waals surface area (Å²) in [6, 6.07) is 7.92. The molecule has 0 unspecified atom stereocenters. The molecule has 1 aromatic rings. The maximum absolute atomic E-state index is 11.2. The van der Waals surface area contributed by atoms with Gasteiger partial charge >= 0.3 is 31.1 Å². The smallest absolute Gasteiger partial charge is 0.449 e. The van der Waals surface area contributed by atoms with Gasteiger partial charge in [0.2, 0.25) is 0 Å². The van der Waals surface area contributed by atoms with E-state index in [1.54, 1.807) is 32.0 Å². The van der Waals surface area contributed by atoms with Crippen LogP contribution in [-0.4, -0.2) is 5.91 Å². The first kappa shape index (κ1) is 13.4. The van der Waals surface area contributed by atoms with Crippen molar-refractivity contribution in [3.63, 3.8) is 0 Å². The Morgan fingerprint density at radius 2 is 2.14 bits per heavy atom. The predicted molar refractivity (Wildman–Crippen MR) is 52.9 cm³/mol. The Bertz CT molecular complexity index is 295. The summed E-state index contributed by atoms with van der Waals surface area (Å²) in [6.45, 7) is 3.51. The molecule has 14 heavy (non-hydrogen) atoms. The van der Waals surface area contributed by atoms with E-state index in [9.17, 15) is 4.79 Å². The van der Waals surface area contributed by atoms with Crippen molar-refractivity contribution in [2.45, 2.75) is 13.8 Å². The van der Waals surface area contributed by atoms with Crippen LogP contribution in [-0.2, 0) is 4.79 Å². The van der Waals surface area contributed by atoms with Crippen LogP contribution in [0.2, 0.25) is 0 Å². The Balaban J connectivity index is 0.00000169. The molecule has 0 fully saturated rings. The van der Waals surface area contributed by atoms with Gasteiger partial charge < -0.3 is 15.8 Å². The fourth-order valence-electron chi connectivity index (χ4n) is 0.762. The average molecular weight is 414 g/mol. The van der Waals surface area contributed by atoms with Crippen molar-refractivity contribution in [2.75, 3.05) is 11.1 Å². The van der Waals surface area contributed by atoms with E-state index in [-0.39, 0.29) is 37.0 Å². The Kier molecular flexibility index (Phi) is 5.75. The minimum atomic E-state index is -0.0963. The van der Waals surface area contributed by atoms with Crippen molar-refractivity contribution >= 4 is 17.3 Å². The second-order valence-corrected chi connectivity index (χ2v) is 2.99. The molecule has 72 valence electrons. The van der Waals surface area contributed by atoms with Crippen LogP contribution in [0.25, 0.3) is 0 Å². The Labute approximate surface area is 108 Å². The fraction of sp³-hybridized carbons (Fsp3) is 0.200. The molecule has 0 bridgehead atoms. The van der Waals surface area contributed by atoms with Crippen molar-refractivity contribution in [2.24, 2.45) is 0 Å². The topological polar surface area (TPSA) is 55.1 Å². The fourth-order valence-corrected chi connectivity index (χ4v) is 0.762. The number of rotatable bonds is 2. The zero-order valence-electron chi connectivity index (χ0n) is 8.22. The van der Waals surface area contributed by atoms with Crippen molar-refractivity contribution in [1.82, 2.24) is 0 Å². The standard InChI is InChI=1S/C10H12N2O.U/c1-7(2)10(13)12-9-5-3-8(11)4-6-9;/h3-5H,11H2,1-2H3,(H,12,13);/q-2;+2. The van der Waals surface area contributed by atoms with Crippen molar-refractivity contribution in [3.05, 3.63) is 30.2 Å². The van der Waals surface area contributed by atoms with Crippen LogP contribution in [0, 0.1) is 43.1 Å². The van der Waals surface area contributed by atoms with Gasteiger partial charge in [0.15, 0.2) is 0 Å². The van der Waals surface area contributed by atoms with Gasteiger partial charge in [-0.3, -0.25) is 5.92 Å². The molecule has 3 nitrogen and oxygen atoms in total. The first-order chi connectivity index (χ1) is 6.09. The molecule has 0 heterocycles. The number of carbonyl (C=O) groups excluding carboxylic acids is 1. The maximum Gasteiger partial charge on any atom is 2.00 e. The minimum Gasteiger partial charge on any atom is -0.449 e. The normalized spacial score (nSPS) is 8.71. The number of nitrogens with one attached hydrogen (secondary N) is 1. The molecular formula is C10H12N2OU. The van der Waals surface area contributed by atoms with E-state index in [2.05, 4.69) is 11.4 Å². The number of nitrogens with two attached hydrogens (primary N) is 1. The number of benzene rings is 1. The summed E-state index contributed by atoms with van der Waals surface area (Å²) >= 11 is 0. The Morgan fingerprint density at radius 1 is 1.50 bits per heavy atom. The molecule has 0 aromatic heterocycles. The van der Waals surface area contributed by atoms with Crippen LogP contribution >= 0.6 is 0 Å². The van der Waals surface area contributed by atoms with Crippen LogP contribution in [0.1, 0.15) is 13.8 Å². The van der Waals surface area contributed by atoms with Gasteiger partial charge in [0, 0.05) is 0 Å². The van der Waals surface area contributed by atoms with E-state index in [0.29, 0.717) is 17.3 Å². The molecule has 1 amide bonds. The average Bonchev–Trinajstić information content (AvgIpc) is 2.08. The number of hydrogen-bond acceptors (Lipinski definition) is 2. The predicted octanol–water partition coefficient (Wildman–Crippen LogP) is 1.62. The summed E-state index contributed by atoms with van der Waals surface area (Å²) in [5.74, 6) is 0.617. The summed E-state index contributed by atoms with van der Waals surface area (Å²) in [7, 11) is 0. The Hall–Kier alpha value is -0.588. The summed E-state index contributed by atoms with van der Waals surface area (Å²) in [5, 5.41) is 2.68. The third-order valence-corrected chi connectivity index (χ3v) is 1.54. The minimum absolute atomic E-state index is 0. The molecule has 0 saturated heterocycles. The van der Waals surface area contributed by atoms with Crippen LogP contribution < -0.4 is 11.1 Å². The maximum atomic E-state index is 11.2. The third kappa shape index (κ3) is 4.08. The molecule has 1 aromatic carbocycles. The van der Waals surface area contributed by atoms with Gasteiger partial charge in [-0.15, -0.1) is 12.1 Å². The van der Waals surface area contributed by atoms with Gasteiger partial charge in [0.05, 0.1) is 5.91 Å². The molecule has 0 aliphatic rings. The molecule has 0 spiro atoms. The van der Waals surface area contributed by atoms with Gasteiger partial charge in [-0.25, -0.2) is 0 Å². The van der Waals surface area contributed by atoms with E-state index >= 15 is 0 Å². The number of nitrogen functional groups attached to an aromatic ring is 1. The SMILES string of the molecule is C[C-](C)C(=O)Nc1[c-]cc(N)cc1.[U+2]. The first-order valence-electron chi connectivity index (χ1n) is 3.98. The molecule has 0 radical (unpaired) electrons. The second kappa shape index (κ2) is 6.00. The van der Waals surface area contributed by atoms with Crippen LogP contribution in [0.3, 0.4) is 0 Å². The van der Waals surface area contributed by atoms with Crippen LogP contribution in [0.15, 0.2) is 18.2 Å². The zero-order chi connectivity index (χ0) is 9.84. The van der Waals surface area contributed by atoms with Crippen LogP contribution in [0.4, 0.5) is 11.4 Å². The first-order valence-corrected chi connectivity index (χ1v) is 3.98. The largest absolute Gasteiger partial charge is 2.00 e.